The first-order valence-corrected chi connectivity index (χ1v) is 6.67. The summed E-state index contributed by atoms with van der Waals surface area (Å²) in [6.45, 7) is 2.13. The van der Waals surface area contributed by atoms with Gasteiger partial charge in [-0.05, 0) is 42.3 Å². The molecule has 0 atom stereocenters. The van der Waals surface area contributed by atoms with Crippen molar-refractivity contribution in [1.82, 2.24) is 4.98 Å². The molecule has 0 amide bonds. The number of benzene rings is 2. The molecule has 3 heteroatoms. The van der Waals surface area contributed by atoms with Crippen LogP contribution in [-0.2, 0) is 6.42 Å². The van der Waals surface area contributed by atoms with E-state index in [1.165, 1.54) is 5.56 Å². The summed E-state index contributed by atoms with van der Waals surface area (Å²) in [6.07, 6.45) is 4.55. The minimum atomic E-state index is 0.643. The Labute approximate surface area is 118 Å². The summed E-state index contributed by atoms with van der Waals surface area (Å²) in [4.78, 5) is 4.09. The van der Waals surface area contributed by atoms with Crippen LogP contribution in [-0.4, -0.2) is 4.98 Å². The van der Waals surface area contributed by atoms with Crippen molar-refractivity contribution in [3.63, 3.8) is 0 Å². The van der Waals surface area contributed by atoms with Crippen molar-refractivity contribution in [2.75, 3.05) is 5.73 Å². The predicted octanol–water partition coefficient (Wildman–Crippen LogP) is 4.17. The van der Waals surface area contributed by atoms with Gasteiger partial charge in [0, 0.05) is 23.2 Å². The third kappa shape index (κ3) is 2.30. The van der Waals surface area contributed by atoms with Crippen molar-refractivity contribution in [1.29, 1.82) is 0 Å². The fourth-order valence-electron chi connectivity index (χ4n) is 2.18. The van der Waals surface area contributed by atoms with Gasteiger partial charge in [-0.2, -0.15) is 0 Å². The monoisotopic (exact) mass is 264 g/mol. The van der Waals surface area contributed by atoms with E-state index in [2.05, 4.69) is 24.0 Å². The molecule has 0 aliphatic heterocycles. The molecular weight excluding hydrogens is 248 g/mol. The maximum absolute atomic E-state index is 6.17. The lowest BCUT2D eigenvalue weighted by atomic mass is 10.1. The molecule has 0 saturated carbocycles. The number of pyridine rings is 1. The SMILES string of the molecule is CCc1ccc(Oc2ccc3cnccc3c2N)cc1. The lowest BCUT2D eigenvalue weighted by Crippen LogP contribution is -1.94. The van der Waals surface area contributed by atoms with E-state index in [0.29, 0.717) is 11.4 Å². The van der Waals surface area contributed by atoms with Crippen LogP contribution in [0.5, 0.6) is 11.5 Å². The van der Waals surface area contributed by atoms with Crippen molar-refractivity contribution in [3.8, 4) is 11.5 Å². The van der Waals surface area contributed by atoms with Crippen LogP contribution in [0.25, 0.3) is 10.8 Å². The van der Waals surface area contributed by atoms with Crippen LogP contribution in [0.2, 0.25) is 0 Å². The van der Waals surface area contributed by atoms with Crippen LogP contribution in [0.4, 0.5) is 5.69 Å². The number of nitrogen functional groups attached to an aromatic ring is 1. The molecule has 0 spiro atoms. The number of anilines is 1. The molecule has 1 aromatic heterocycles. The quantitative estimate of drug-likeness (QED) is 0.722. The zero-order chi connectivity index (χ0) is 13.9. The molecule has 2 N–H and O–H groups in total. The number of ether oxygens (including phenoxy) is 1. The molecule has 0 radical (unpaired) electrons. The molecule has 3 aromatic rings. The molecule has 100 valence electrons. The number of nitrogens with zero attached hydrogens (tertiary/aromatic N) is 1. The number of fused-ring (bicyclic) bond motifs is 1. The van der Waals surface area contributed by atoms with Gasteiger partial charge in [0.25, 0.3) is 0 Å². The predicted molar refractivity (Wildman–Crippen MR) is 82.0 cm³/mol. The summed E-state index contributed by atoms with van der Waals surface area (Å²) in [7, 11) is 0. The number of hydrogen-bond acceptors (Lipinski definition) is 3. The van der Waals surface area contributed by atoms with Gasteiger partial charge in [-0.15, -0.1) is 0 Å². The van der Waals surface area contributed by atoms with Crippen molar-refractivity contribution >= 4 is 16.5 Å². The van der Waals surface area contributed by atoms with Crippen molar-refractivity contribution in [2.45, 2.75) is 13.3 Å². The van der Waals surface area contributed by atoms with Crippen LogP contribution in [0.3, 0.4) is 0 Å². The Morgan fingerprint density at radius 2 is 1.85 bits per heavy atom. The van der Waals surface area contributed by atoms with Gasteiger partial charge in [0.05, 0.1) is 5.69 Å². The van der Waals surface area contributed by atoms with Gasteiger partial charge >= 0.3 is 0 Å². The smallest absolute Gasteiger partial charge is 0.150 e. The first-order chi connectivity index (χ1) is 9.78. The number of aromatic nitrogens is 1. The highest BCUT2D eigenvalue weighted by molar-refractivity contribution is 5.95. The third-order valence-electron chi connectivity index (χ3n) is 3.38. The highest BCUT2D eigenvalue weighted by Crippen LogP contribution is 2.33. The fraction of sp³-hybridized carbons (Fsp3) is 0.118. The Morgan fingerprint density at radius 1 is 1.05 bits per heavy atom. The van der Waals surface area contributed by atoms with Gasteiger partial charge in [-0.25, -0.2) is 0 Å². The molecule has 0 bridgehead atoms. The molecule has 0 aliphatic carbocycles. The van der Waals surface area contributed by atoms with E-state index >= 15 is 0 Å². The van der Waals surface area contributed by atoms with Gasteiger partial charge < -0.3 is 10.5 Å². The van der Waals surface area contributed by atoms with E-state index in [1.54, 1.807) is 12.4 Å². The van der Waals surface area contributed by atoms with Crippen molar-refractivity contribution < 1.29 is 4.74 Å². The fourth-order valence-corrected chi connectivity index (χ4v) is 2.18. The number of rotatable bonds is 3. The van der Waals surface area contributed by atoms with Gasteiger partial charge in [0.15, 0.2) is 5.75 Å². The van der Waals surface area contributed by atoms with Gasteiger partial charge in [-0.3, -0.25) is 4.98 Å². The van der Waals surface area contributed by atoms with E-state index in [1.807, 2.05) is 30.3 Å². The molecule has 0 fully saturated rings. The molecule has 0 saturated heterocycles. The molecule has 3 nitrogen and oxygen atoms in total. The highest BCUT2D eigenvalue weighted by atomic mass is 16.5. The van der Waals surface area contributed by atoms with Gasteiger partial charge in [0.1, 0.15) is 5.75 Å². The highest BCUT2D eigenvalue weighted by Gasteiger charge is 2.06. The molecule has 0 unspecified atom stereocenters. The molecular formula is C17H16N2O. The summed E-state index contributed by atoms with van der Waals surface area (Å²) in [5.41, 5.74) is 8.10. The van der Waals surface area contributed by atoms with Crippen molar-refractivity contribution in [3.05, 3.63) is 60.4 Å². The summed E-state index contributed by atoms with van der Waals surface area (Å²) in [6, 6.07) is 13.8. The summed E-state index contributed by atoms with van der Waals surface area (Å²) < 4.78 is 5.87. The normalized spacial score (nSPS) is 10.7. The first-order valence-electron chi connectivity index (χ1n) is 6.67. The van der Waals surface area contributed by atoms with E-state index in [4.69, 9.17) is 10.5 Å². The number of nitrogens with two attached hydrogens (primary N) is 1. The second-order valence-electron chi connectivity index (χ2n) is 4.67. The second-order valence-corrected chi connectivity index (χ2v) is 4.67. The first kappa shape index (κ1) is 12.5. The average molecular weight is 264 g/mol. The Bertz CT molecular complexity index is 736. The number of hydrogen-bond donors (Lipinski definition) is 1. The minimum Gasteiger partial charge on any atom is -0.455 e. The van der Waals surface area contributed by atoms with E-state index < -0.39 is 0 Å². The number of aryl methyl sites for hydroxylation is 1. The Hall–Kier alpha value is -2.55. The summed E-state index contributed by atoms with van der Waals surface area (Å²) in [5, 5.41) is 1.97. The van der Waals surface area contributed by atoms with Crippen molar-refractivity contribution in [2.24, 2.45) is 0 Å². The molecule has 20 heavy (non-hydrogen) atoms. The van der Waals surface area contributed by atoms with Gasteiger partial charge in [-0.1, -0.05) is 19.1 Å². The average Bonchev–Trinajstić information content (AvgIpc) is 2.51. The zero-order valence-corrected chi connectivity index (χ0v) is 11.3. The summed E-state index contributed by atoms with van der Waals surface area (Å²) >= 11 is 0. The van der Waals surface area contributed by atoms with Crippen LogP contribution in [0.1, 0.15) is 12.5 Å². The van der Waals surface area contributed by atoms with E-state index in [9.17, 15) is 0 Å². The Morgan fingerprint density at radius 3 is 2.60 bits per heavy atom. The molecule has 0 aliphatic rings. The lowest BCUT2D eigenvalue weighted by Gasteiger charge is -2.11. The molecule has 2 aromatic carbocycles. The van der Waals surface area contributed by atoms with Gasteiger partial charge in [0.2, 0.25) is 0 Å². The third-order valence-corrected chi connectivity index (χ3v) is 3.38. The molecule has 1 heterocycles. The minimum absolute atomic E-state index is 0.643. The standard InChI is InChI=1S/C17H16N2O/c1-2-12-3-6-14(7-4-12)20-16-8-5-13-11-19-10-9-15(13)17(16)18/h3-11H,2,18H2,1H3. The van der Waals surface area contributed by atoms with E-state index in [-0.39, 0.29) is 0 Å². The largest absolute Gasteiger partial charge is 0.455 e. The van der Waals surface area contributed by atoms with E-state index in [0.717, 1.165) is 22.9 Å². The lowest BCUT2D eigenvalue weighted by molar-refractivity contribution is 0.485. The van der Waals surface area contributed by atoms with Crippen LogP contribution in [0, 0.1) is 0 Å². The molecule has 3 rings (SSSR count). The summed E-state index contributed by atoms with van der Waals surface area (Å²) in [5.74, 6) is 1.47. The topological polar surface area (TPSA) is 48.1 Å². The van der Waals surface area contributed by atoms with Crippen LogP contribution >= 0.6 is 0 Å². The van der Waals surface area contributed by atoms with Crippen LogP contribution < -0.4 is 10.5 Å². The zero-order valence-electron chi connectivity index (χ0n) is 11.3. The van der Waals surface area contributed by atoms with Crippen LogP contribution in [0.15, 0.2) is 54.9 Å². The second kappa shape index (κ2) is 5.21. The maximum atomic E-state index is 6.17. The Balaban J connectivity index is 1.95. The maximum Gasteiger partial charge on any atom is 0.150 e. The Kier molecular flexibility index (Phi) is 3.25.